The van der Waals surface area contributed by atoms with E-state index >= 15 is 0 Å². The van der Waals surface area contributed by atoms with Crippen molar-refractivity contribution < 1.29 is 12.8 Å². The molecule has 5 heteroatoms. The van der Waals surface area contributed by atoms with Crippen LogP contribution in [0.4, 0.5) is 4.39 Å². The van der Waals surface area contributed by atoms with E-state index in [9.17, 15) is 12.8 Å². The average Bonchev–Trinajstić information content (AvgIpc) is 3.48. The predicted molar refractivity (Wildman–Crippen MR) is 113 cm³/mol. The molecule has 0 radical (unpaired) electrons. The maximum absolute atomic E-state index is 13.8. The standard InChI is InChI=1S/C24H20FNO2S/c1-16-2-11-22(12-3-16)29(27,28)26-23-13-10-21(25)14-20(23)15-24(26)19-8-6-18(7-9-19)17-4-5-17/h2-3,6-15,17H,4-5H2,1H3. The normalized spacial score (nSPS) is 14.4. The largest absolute Gasteiger partial charge is 0.268 e. The fraction of sp³-hybridized carbons (Fsp3) is 0.167. The molecule has 1 aromatic heterocycles. The molecule has 0 amide bonds. The minimum absolute atomic E-state index is 0.209. The highest BCUT2D eigenvalue weighted by atomic mass is 32.2. The Labute approximate surface area is 169 Å². The van der Waals surface area contributed by atoms with E-state index in [-0.39, 0.29) is 4.90 Å². The summed E-state index contributed by atoms with van der Waals surface area (Å²) in [6.07, 6.45) is 2.42. The van der Waals surface area contributed by atoms with Crippen LogP contribution in [0.2, 0.25) is 0 Å². The molecule has 146 valence electrons. The molecule has 0 N–H and O–H groups in total. The van der Waals surface area contributed by atoms with E-state index in [1.807, 2.05) is 19.1 Å². The van der Waals surface area contributed by atoms with Gasteiger partial charge in [0.1, 0.15) is 5.82 Å². The van der Waals surface area contributed by atoms with Gasteiger partial charge in [0.2, 0.25) is 0 Å². The summed E-state index contributed by atoms with van der Waals surface area (Å²) < 4.78 is 42.3. The molecule has 1 aliphatic carbocycles. The second kappa shape index (κ2) is 6.56. The van der Waals surface area contributed by atoms with Gasteiger partial charge in [-0.2, -0.15) is 0 Å². The third kappa shape index (κ3) is 3.15. The van der Waals surface area contributed by atoms with Crippen molar-refractivity contribution >= 4 is 20.9 Å². The Bertz CT molecular complexity index is 1320. The van der Waals surface area contributed by atoms with Gasteiger partial charge in [-0.25, -0.2) is 16.8 Å². The summed E-state index contributed by atoms with van der Waals surface area (Å²) in [5.41, 5.74) is 4.06. The van der Waals surface area contributed by atoms with Gasteiger partial charge in [-0.1, -0.05) is 42.0 Å². The van der Waals surface area contributed by atoms with Gasteiger partial charge in [0.25, 0.3) is 10.0 Å². The molecule has 0 aliphatic heterocycles. The number of benzene rings is 3. The molecule has 1 fully saturated rings. The van der Waals surface area contributed by atoms with Gasteiger partial charge in [-0.15, -0.1) is 0 Å². The maximum Gasteiger partial charge on any atom is 0.268 e. The van der Waals surface area contributed by atoms with Gasteiger partial charge in [0.15, 0.2) is 0 Å². The molecule has 1 heterocycles. The van der Waals surface area contributed by atoms with E-state index in [4.69, 9.17) is 0 Å². The Morgan fingerprint density at radius 2 is 1.59 bits per heavy atom. The Balaban J connectivity index is 1.74. The Morgan fingerprint density at radius 1 is 0.897 bits per heavy atom. The van der Waals surface area contributed by atoms with Gasteiger partial charge in [-0.05, 0) is 73.2 Å². The highest BCUT2D eigenvalue weighted by Gasteiger charge is 2.26. The molecule has 4 aromatic rings. The number of rotatable bonds is 4. The number of hydrogen-bond acceptors (Lipinski definition) is 2. The number of aromatic nitrogens is 1. The van der Waals surface area contributed by atoms with Crippen LogP contribution in [0.25, 0.3) is 22.2 Å². The second-order valence-corrected chi connectivity index (χ2v) is 9.50. The molecular formula is C24H20FNO2S. The summed E-state index contributed by atoms with van der Waals surface area (Å²) in [5, 5.41) is 0.557. The van der Waals surface area contributed by atoms with Crippen LogP contribution in [0.1, 0.15) is 29.9 Å². The first-order chi connectivity index (χ1) is 13.9. The zero-order chi connectivity index (χ0) is 20.2. The predicted octanol–water partition coefficient (Wildman–Crippen LogP) is 5.87. The van der Waals surface area contributed by atoms with Gasteiger partial charge >= 0.3 is 0 Å². The monoisotopic (exact) mass is 405 g/mol. The molecular weight excluding hydrogens is 385 g/mol. The lowest BCUT2D eigenvalue weighted by Crippen LogP contribution is -2.14. The highest BCUT2D eigenvalue weighted by molar-refractivity contribution is 7.90. The van der Waals surface area contributed by atoms with Crippen LogP contribution in [0.3, 0.4) is 0 Å². The lowest BCUT2D eigenvalue weighted by atomic mass is 10.1. The molecule has 0 atom stereocenters. The number of fused-ring (bicyclic) bond motifs is 1. The van der Waals surface area contributed by atoms with Crippen LogP contribution in [0, 0.1) is 12.7 Å². The average molecular weight is 405 g/mol. The second-order valence-electron chi connectivity index (χ2n) is 7.71. The zero-order valence-electron chi connectivity index (χ0n) is 16.0. The molecule has 1 aliphatic rings. The van der Waals surface area contributed by atoms with E-state index in [2.05, 4.69) is 12.1 Å². The fourth-order valence-corrected chi connectivity index (χ4v) is 5.31. The van der Waals surface area contributed by atoms with Crippen molar-refractivity contribution in [2.75, 3.05) is 0 Å². The number of nitrogens with zero attached hydrogens (tertiary/aromatic N) is 1. The van der Waals surface area contributed by atoms with E-state index in [0.29, 0.717) is 22.5 Å². The maximum atomic E-state index is 13.8. The van der Waals surface area contributed by atoms with Crippen LogP contribution >= 0.6 is 0 Å². The summed E-state index contributed by atoms with van der Waals surface area (Å²) in [7, 11) is -3.85. The molecule has 3 aromatic carbocycles. The molecule has 0 unspecified atom stereocenters. The summed E-state index contributed by atoms with van der Waals surface area (Å²) in [5.74, 6) is 0.235. The minimum atomic E-state index is -3.85. The van der Waals surface area contributed by atoms with Crippen molar-refractivity contribution in [3.8, 4) is 11.3 Å². The van der Waals surface area contributed by atoms with Crippen molar-refractivity contribution in [3.05, 3.63) is 89.7 Å². The third-order valence-corrected chi connectivity index (χ3v) is 7.28. The molecule has 0 bridgehead atoms. The SMILES string of the molecule is Cc1ccc(S(=O)(=O)n2c(-c3ccc(C4CC4)cc3)cc3cc(F)ccc32)cc1. The topological polar surface area (TPSA) is 39.1 Å². The Kier molecular flexibility index (Phi) is 4.10. The Hall–Kier alpha value is -2.92. The molecule has 0 spiro atoms. The molecule has 1 saturated carbocycles. The van der Waals surface area contributed by atoms with E-state index < -0.39 is 15.8 Å². The van der Waals surface area contributed by atoms with Crippen LogP contribution in [-0.2, 0) is 10.0 Å². The highest BCUT2D eigenvalue weighted by Crippen LogP contribution is 2.41. The quantitative estimate of drug-likeness (QED) is 0.426. The van der Waals surface area contributed by atoms with Crippen LogP contribution in [0.15, 0.2) is 77.7 Å². The zero-order valence-corrected chi connectivity index (χ0v) is 16.8. The minimum Gasteiger partial charge on any atom is -0.233 e. The summed E-state index contributed by atoms with van der Waals surface area (Å²) >= 11 is 0. The molecule has 0 saturated heterocycles. The first-order valence-corrected chi connectivity index (χ1v) is 11.1. The summed E-state index contributed by atoms with van der Waals surface area (Å²) in [6, 6.07) is 20.8. The van der Waals surface area contributed by atoms with Crippen molar-refractivity contribution in [1.29, 1.82) is 0 Å². The van der Waals surface area contributed by atoms with Gasteiger partial charge in [0.05, 0.1) is 16.1 Å². The van der Waals surface area contributed by atoms with Crippen molar-refractivity contribution in [2.24, 2.45) is 0 Å². The fourth-order valence-electron chi connectivity index (χ4n) is 3.78. The van der Waals surface area contributed by atoms with Crippen LogP contribution in [-0.4, -0.2) is 12.4 Å². The number of halogens is 1. The smallest absolute Gasteiger partial charge is 0.233 e. The van der Waals surface area contributed by atoms with E-state index in [1.54, 1.807) is 30.3 Å². The van der Waals surface area contributed by atoms with Crippen LogP contribution < -0.4 is 0 Å². The third-order valence-electron chi connectivity index (χ3n) is 5.53. The van der Waals surface area contributed by atoms with E-state index in [1.165, 1.54) is 40.6 Å². The van der Waals surface area contributed by atoms with E-state index in [0.717, 1.165) is 11.1 Å². The molecule has 5 rings (SSSR count). The summed E-state index contributed by atoms with van der Waals surface area (Å²) in [4.78, 5) is 0.209. The van der Waals surface area contributed by atoms with Gasteiger partial charge in [0, 0.05) is 5.39 Å². The first kappa shape index (κ1) is 18.1. The van der Waals surface area contributed by atoms with Crippen molar-refractivity contribution in [1.82, 2.24) is 3.97 Å². The lowest BCUT2D eigenvalue weighted by molar-refractivity contribution is 0.589. The Morgan fingerprint density at radius 3 is 2.24 bits per heavy atom. The molecule has 3 nitrogen and oxygen atoms in total. The number of aryl methyl sites for hydroxylation is 1. The lowest BCUT2D eigenvalue weighted by Gasteiger charge is -2.13. The van der Waals surface area contributed by atoms with Gasteiger partial charge in [-0.3, -0.25) is 0 Å². The summed E-state index contributed by atoms with van der Waals surface area (Å²) in [6.45, 7) is 1.91. The van der Waals surface area contributed by atoms with Crippen LogP contribution in [0.5, 0.6) is 0 Å². The first-order valence-electron chi connectivity index (χ1n) is 9.67. The van der Waals surface area contributed by atoms with Crippen molar-refractivity contribution in [3.63, 3.8) is 0 Å². The van der Waals surface area contributed by atoms with Gasteiger partial charge < -0.3 is 0 Å². The van der Waals surface area contributed by atoms with Crippen molar-refractivity contribution in [2.45, 2.75) is 30.6 Å². The number of hydrogen-bond donors (Lipinski definition) is 0. The molecule has 29 heavy (non-hydrogen) atoms.